The van der Waals surface area contributed by atoms with E-state index in [-0.39, 0.29) is 5.60 Å². The van der Waals surface area contributed by atoms with Crippen LogP contribution in [0.1, 0.15) is 44.6 Å². The fourth-order valence-electron chi connectivity index (χ4n) is 4.06. The maximum atomic E-state index is 5.90. The van der Waals surface area contributed by atoms with E-state index in [9.17, 15) is 0 Å². The van der Waals surface area contributed by atoms with Gasteiger partial charge in [0.15, 0.2) is 5.65 Å². The van der Waals surface area contributed by atoms with Crippen LogP contribution in [0.3, 0.4) is 0 Å². The van der Waals surface area contributed by atoms with Crippen LogP contribution >= 0.6 is 0 Å². The number of anilines is 2. The normalized spacial score (nSPS) is 18.0. The Morgan fingerprint density at radius 1 is 1.15 bits per heavy atom. The molecule has 27 heavy (non-hydrogen) atoms. The van der Waals surface area contributed by atoms with Crippen LogP contribution in [0.2, 0.25) is 0 Å². The molecule has 3 aromatic heterocycles. The second kappa shape index (κ2) is 6.29. The van der Waals surface area contributed by atoms with Gasteiger partial charge in [0.05, 0.1) is 29.2 Å². The number of oxime groups is 1. The first-order chi connectivity index (χ1) is 13.3. The fraction of sp³-hybridized carbons (Fsp3) is 0.421. The van der Waals surface area contributed by atoms with E-state index in [2.05, 4.69) is 37.4 Å². The van der Waals surface area contributed by atoms with Crippen molar-refractivity contribution >= 4 is 28.3 Å². The molecule has 8 nitrogen and oxygen atoms in total. The highest BCUT2D eigenvalue weighted by Crippen LogP contribution is 2.42. The quantitative estimate of drug-likeness (QED) is 0.764. The highest BCUT2D eigenvalue weighted by molar-refractivity contribution is 6.11. The van der Waals surface area contributed by atoms with Gasteiger partial charge in [0.25, 0.3) is 0 Å². The van der Waals surface area contributed by atoms with E-state index in [1.165, 1.54) is 12.8 Å². The maximum absolute atomic E-state index is 5.90. The first kappa shape index (κ1) is 16.2. The highest BCUT2D eigenvalue weighted by atomic mass is 16.7. The van der Waals surface area contributed by atoms with Crippen molar-refractivity contribution in [2.75, 3.05) is 5.32 Å². The monoisotopic (exact) mass is 363 g/mol. The molecule has 3 aromatic rings. The maximum Gasteiger partial charge on any atom is 0.159 e. The van der Waals surface area contributed by atoms with Gasteiger partial charge < -0.3 is 10.2 Å². The first-order valence-corrected chi connectivity index (χ1v) is 9.41. The zero-order valence-corrected chi connectivity index (χ0v) is 15.2. The molecule has 4 heterocycles. The van der Waals surface area contributed by atoms with Crippen LogP contribution in [-0.2, 0) is 11.4 Å². The SMILES string of the molecule is CCn1ncc2c(Nc3cnccn3)c(C3=NOC4(CCCC4)C3)cnc21. The van der Waals surface area contributed by atoms with Gasteiger partial charge in [0.2, 0.25) is 0 Å². The van der Waals surface area contributed by atoms with Crippen LogP contribution in [0.5, 0.6) is 0 Å². The van der Waals surface area contributed by atoms with Crippen LogP contribution in [-0.4, -0.2) is 36.0 Å². The van der Waals surface area contributed by atoms with Crippen LogP contribution in [0, 0.1) is 0 Å². The molecular weight excluding hydrogens is 342 g/mol. The number of rotatable bonds is 4. The Hall–Kier alpha value is -3.03. The van der Waals surface area contributed by atoms with Crippen molar-refractivity contribution in [1.29, 1.82) is 0 Å². The third-order valence-electron chi connectivity index (χ3n) is 5.45. The molecule has 1 fully saturated rings. The predicted octanol–water partition coefficient (Wildman–Crippen LogP) is 3.42. The lowest BCUT2D eigenvalue weighted by Gasteiger charge is -2.19. The summed E-state index contributed by atoms with van der Waals surface area (Å²) in [4.78, 5) is 19.1. The molecule has 1 aliphatic carbocycles. The summed E-state index contributed by atoms with van der Waals surface area (Å²) in [7, 11) is 0. The Labute approximate surface area is 156 Å². The molecule has 0 amide bonds. The number of fused-ring (bicyclic) bond motifs is 1. The van der Waals surface area contributed by atoms with Crippen LogP contribution < -0.4 is 5.32 Å². The summed E-state index contributed by atoms with van der Waals surface area (Å²) in [6.07, 6.45) is 14.1. The molecule has 0 radical (unpaired) electrons. The van der Waals surface area contributed by atoms with Crippen molar-refractivity contribution in [2.24, 2.45) is 5.16 Å². The van der Waals surface area contributed by atoms with E-state index < -0.39 is 0 Å². The van der Waals surface area contributed by atoms with Gasteiger partial charge in [-0.3, -0.25) is 4.98 Å². The van der Waals surface area contributed by atoms with Gasteiger partial charge in [-0.1, -0.05) is 5.16 Å². The first-order valence-electron chi connectivity index (χ1n) is 9.41. The van der Waals surface area contributed by atoms with E-state index >= 15 is 0 Å². The molecule has 0 unspecified atom stereocenters. The van der Waals surface area contributed by atoms with Crippen molar-refractivity contribution in [3.8, 4) is 0 Å². The van der Waals surface area contributed by atoms with Crippen molar-refractivity contribution < 1.29 is 4.84 Å². The van der Waals surface area contributed by atoms with Crippen molar-refractivity contribution in [3.63, 3.8) is 0 Å². The number of aryl methyl sites for hydroxylation is 1. The Bertz CT molecular complexity index is 1010. The largest absolute Gasteiger partial charge is 0.389 e. The molecule has 1 aliphatic heterocycles. The Morgan fingerprint density at radius 3 is 2.81 bits per heavy atom. The second-order valence-corrected chi connectivity index (χ2v) is 7.16. The third-order valence-corrected chi connectivity index (χ3v) is 5.45. The molecule has 1 saturated carbocycles. The minimum Gasteiger partial charge on any atom is -0.389 e. The summed E-state index contributed by atoms with van der Waals surface area (Å²) >= 11 is 0. The molecule has 138 valence electrons. The lowest BCUT2D eigenvalue weighted by atomic mass is 9.92. The van der Waals surface area contributed by atoms with E-state index in [1.54, 1.807) is 18.6 Å². The smallest absolute Gasteiger partial charge is 0.159 e. The van der Waals surface area contributed by atoms with Crippen LogP contribution in [0.25, 0.3) is 11.0 Å². The summed E-state index contributed by atoms with van der Waals surface area (Å²) in [6, 6.07) is 0. The Morgan fingerprint density at radius 2 is 2.04 bits per heavy atom. The summed E-state index contributed by atoms with van der Waals surface area (Å²) in [5.74, 6) is 0.672. The molecule has 2 aliphatic rings. The third kappa shape index (κ3) is 2.72. The lowest BCUT2D eigenvalue weighted by Crippen LogP contribution is -2.24. The number of nitrogens with one attached hydrogen (secondary N) is 1. The van der Waals surface area contributed by atoms with Gasteiger partial charge >= 0.3 is 0 Å². The molecule has 5 rings (SSSR count). The molecule has 0 aromatic carbocycles. The van der Waals surface area contributed by atoms with Gasteiger partial charge in [-0.05, 0) is 32.6 Å². The van der Waals surface area contributed by atoms with Gasteiger partial charge in [-0.15, -0.1) is 0 Å². The summed E-state index contributed by atoms with van der Waals surface area (Å²) in [5.41, 5.74) is 3.48. The van der Waals surface area contributed by atoms with Gasteiger partial charge in [-0.25, -0.2) is 14.6 Å². The average molecular weight is 363 g/mol. The standard InChI is InChI=1S/C19H21N7O/c1-2-26-18-14(11-23-26)17(24-16-12-20-7-8-21-16)13(10-22-18)15-9-19(27-25-15)5-3-4-6-19/h7-8,10-12H,2-6,9H2,1H3,(H,21,22,24). The molecular formula is C19H21N7O. The number of hydrogen-bond donors (Lipinski definition) is 1. The number of pyridine rings is 1. The zero-order valence-electron chi connectivity index (χ0n) is 15.2. The molecule has 1 spiro atoms. The fourth-order valence-corrected chi connectivity index (χ4v) is 4.06. The number of nitrogens with zero attached hydrogens (tertiary/aromatic N) is 6. The zero-order chi connectivity index (χ0) is 18.3. The predicted molar refractivity (Wildman–Crippen MR) is 102 cm³/mol. The van der Waals surface area contributed by atoms with Crippen molar-refractivity contribution in [3.05, 3.63) is 36.5 Å². The Kier molecular flexibility index (Phi) is 3.77. The molecule has 8 heteroatoms. The van der Waals surface area contributed by atoms with Crippen molar-refractivity contribution in [2.45, 2.75) is 51.2 Å². The average Bonchev–Trinajstić information content (AvgIpc) is 3.44. The molecule has 0 bridgehead atoms. The van der Waals surface area contributed by atoms with Gasteiger partial charge in [-0.2, -0.15) is 5.10 Å². The highest BCUT2D eigenvalue weighted by Gasteiger charge is 2.42. The second-order valence-electron chi connectivity index (χ2n) is 7.16. The van der Waals surface area contributed by atoms with E-state index in [0.717, 1.165) is 53.8 Å². The molecule has 1 N–H and O–H groups in total. The van der Waals surface area contributed by atoms with E-state index in [4.69, 9.17) is 4.84 Å². The lowest BCUT2D eigenvalue weighted by molar-refractivity contribution is -0.0126. The topological polar surface area (TPSA) is 90.1 Å². The summed E-state index contributed by atoms with van der Waals surface area (Å²) in [5, 5.41) is 13.3. The number of aromatic nitrogens is 5. The van der Waals surface area contributed by atoms with Crippen molar-refractivity contribution in [1.82, 2.24) is 24.7 Å². The minimum atomic E-state index is -0.123. The van der Waals surface area contributed by atoms with E-state index in [0.29, 0.717) is 5.82 Å². The minimum absolute atomic E-state index is 0.123. The summed E-state index contributed by atoms with van der Waals surface area (Å²) < 4.78 is 1.88. The molecule has 0 atom stereocenters. The number of hydrogen-bond acceptors (Lipinski definition) is 7. The van der Waals surface area contributed by atoms with Crippen LogP contribution in [0.15, 0.2) is 36.1 Å². The van der Waals surface area contributed by atoms with E-state index in [1.807, 2.05) is 17.1 Å². The van der Waals surface area contributed by atoms with Gasteiger partial charge in [0.1, 0.15) is 11.4 Å². The van der Waals surface area contributed by atoms with Gasteiger partial charge in [0, 0.05) is 37.1 Å². The summed E-state index contributed by atoms with van der Waals surface area (Å²) in [6.45, 7) is 2.81. The van der Waals surface area contributed by atoms with Crippen LogP contribution in [0.4, 0.5) is 11.5 Å². The Balaban J connectivity index is 1.60. The molecule has 0 saturated heterocycles.